The summed E-state index contributed by atoms with van der Waals surface area (Å²) in [4.78, 5) is 21.4. The summed E-state index contributed by atoms with van der Waals surface area (Å²) in [5.74, 6) is -0.279. The van der Waals surface area contributed by atoms with E-state index in [1.807, 2.05) is 0 Å². The Morgan fingerprint density at radius 2 is 2.28 bits per heavy atom. The Morgan fingerprint density at radius 1 is 1.40 bits per heavy atom. The molecule has 1 saturated heterocycles. The van der Waals surface area contributed by atoms with Crippen LogP contribution in [0.5, 0.6) is 0 Å². The second kappa shape index (κ2) is 7.90. The van der Waals surface area contributed by atoms with Gasteiger partial charge in [0.1, 0.15) is 5.82 Å². The van der Waals surface area contributed by atoms with Gasteiger partial charge in [0, 0.05) is 31.8 Å². The SMILES string of the molecule is Cc1cccc(CN2CC[C@@H](Nc3cnc(/C=C/C(=O)O)cn3)C2)c1. The normalized spacial score (nSPS) is 17.9. The summed E-state index contributed by atoms with van der Waals surface area (Å²) < 4.78 is 0. The minimum atomic E-state index is -0.997. The molecule has 1 aliphatic rings. The number of anilines is 1. The Hall–Kier alpha value is -2.73. The number of carbonyl (C=O) groups is 1. The summed E-state index contributed by atoms with van der Waals surface area (Å²) in [5.41, 5.74) is 3.16. The number of hydrogen-bond donors (Lipinski definition) is 2. The molecule has 130 valence electrons. The lowest BCUT2D eigenvalue weighted by Gasteiger charge is -2.17. The van der Waals surface area contributed by atoms with Gasteiger partial charge in [-0.25, -0.2) is 9.78 Å². The minimum absolute atomic E-state index is 0.347. The standard InChI is InChI=1S/C19H22N4O2/c1-14-3-2-4-15(9-14)12-23-8-7-17(13-23)22-18-11-20-16(10-21-18)5-6-19(24)25/h2-6,9-11,17H,7-8,12-13H2,1H3,(H,21,22)(H,24,25)/b6-5+/t17-/m1/s1. The number of rotatable bonds is 6. The smallest absolute Gasteiger partial charge is 0.328 e. The van der Waals surface area contributed by atoms with Gasteiger partial charge in [-0.3, -0.25) is 9.88 Å². The van der Waals surface area contributed by atoms with Crippen molar-refractivity contribution in [2.75, 3.05) is 18.4 Å². The molecule has 1 fully saturated rings. The lowest BCUT2D eigenvalue weighted by molar-refractivity contribution is -0.131. The van der Waals surface area contributed by atoms with E-state index in [-0.39, 0.29) is 0 Å². The molecule has 1 atom stereocenters. The molecule has 1 aliphatic heterocycles. The van der Waals surface area contributed by atoms with E-state index in [0.29, 0.717) is 11.7 Å². The molecule has 1 aromatic heterocycles. The number of carboxylic acids is 1. The van der Waals surface area contributed by atoms with Gasteiger partial charge in [-0.1, -0.05) is 29.8 Å². The molecule has 1 aromatic carbocycles. The number of nitrogens with one attached hydrogen (secondary N) is 1. The van der Waals surface area contributed by atoms with E-state index in [4.69, 9.17) is 5.11 Å². The zero-order chi connectivity index (χ0) is 17.6. The third kappa shape index (κ3) is 5.12. The number of hydrogen-bond acceptors (Lipinski definition) is 5. The van der Waals surface area contributed by atoms with E-state index in [1.165, 1.54) is 17.2 Å². The van der Waals surface area contributed by atoms with E-state index in [0.717, 1.165) is 37.9 Å². The molecule has 6 heteroatoms. The van der Waals surface area contributed by atoms with Crippen LogP contribution >= 0.6 is 0 Å². The fourth-order valence-electron chi connectivity index (χ4n) is 3.03. The van der Waals surface area contributed by atoms with Gasteiger partial charge >= 0.3 is 5.97 Å². The molecule has 2 aromatic rings. The number of benzene rings is 1. The van der Waals surface area contributed by atoms with E-state index >= 15 is 0 Å². The van der Waals surface area contributed by atoms with Crippen LogP contribution in [0.1, 0.15) is 23.2 Å². The summed E-state index contributed by atoms with van der Waals surface area (Å²) in [6.07, 6.45) is 6.76. The number of carboxylic acid groups (broad SMARTS) is 1. The average molecular weight is 338 g/mol. The zero-order valence-corrected chi connectivity index (χ0v) is 14.2. The highest BCUT2D eigenvalue weighted by atomic mass is 16.4. The molecule has 3 rings (SSSR count). The largest absolute Gasteiger partial charge is 0.478 e. The first-order valence-corrected chi connectivity index (χ1v) is 8.36. The number of aliphatic carboxylic acids is 1. The molecule has 0 unspecified atom stereocenters. The topological polar surface area (TPSA) is 78.4 Å². The molecule has 0 aliphatic carbocycles. The second-order valence-electron chi connectivity index (χ2n) is 6.35. The maximum absolute atomic E-state index is 10.5. The quantitative estimate of drug-likeness (QED) is 0.788. The van der Waals surface area contributed by atoms with Crippen LogP contribution in [0.15, 0.2) is 42.7 Å². The van der Waals surface area contributed by atoms with Crippen LogP contribution in [-0.4, -0.2) is 45.1 Å². The Labute approximate surface area is 147 Å². The third-order valence-corrected chi connectivity index (χ3v) is 4.18. The Morgan fingerprint density at radius 3 is 3.00 bits per heavy atom. The van der Waals surface area contributed by atoms with Crippen LogP contribution in [0, 0.1) is 6.92 Å². The minimum Gasteiger partial charge on any atom is -0.478 e. The fourth-order valence-corrected chi connectivity index (χ4v) is 3.03. The van der Waals surface area contributed by atoms with E-state index < -0.39 is 5.97 Å². The molecular formula is C19H22N4O2. The first kappa shape index (κ1) is 17.1. The molecular weight excluding hydrogens is 316 g/mol. The highest BCUT2D eigenvalue weighted by molar-refractivity contribution is 5.84. The monoisotopic (exact) mass is 338 g/mol. The maximum Gasteiger partial charge on any atom is 0.328 e. The van der Waals surface area contributed by atoms with E-state index in [2.05, 4.69) is 51.4 Å². The molecule has 2 N–H and O–H groups in total. The lowest BCUT2D eigenvalue weighted by Crippen LogP contribution is -2.26. The van der Waals surface area contributed by atoms with Crippen LogP contribution in [0.25, 0.3) is 6.08 Å². The number of nitrogens with zero attached hydrogens (tertiary/aromatic N) is 3. The molecule has 25 heavy (non-hydrogen) atoms. The van der Waals surface area contributed by atoms with Gasteiger partial charge in [-0.05, 0) is 25.0 Å². The van der Waals surface area contributed by atoms with Gasteiger partial charge in [0.2, 0.25) is 0 Å². The van der Waals surface area contributed by atoms with Crippen LogP contribution in [-0.2, 0) is 11.3 Å². The molecule has 0 spiro atoms. The molecule has 0 bridgehead atoms. The molecule has 0 amide bonds. The highest BCUT2D eigenvalue weighted by Gasteiger charge is 2.22. The van der Waals surface area contributed by atoms with Crippen molar-refractivity contribution >= 4 is 17.9 Å². The van der Waals surface area contributed by atoms with E-state index in [1.54, 1.807) is 12.4 Å². The van der Waals surface area contributed by atoms with E-state index in [9.17, 15) is 4.79 Å². The van der Waals surface area contributed by atoms with Gasteiger partial charge in [-0.15, -0.1) is 0 Å². The van der Waals surface area contributed by atoms with Gasteiger partial charge in [-0.2, -0.15) is 0 Å². The van der Waals surface area contributed by atoms with Gasteiger partial charge in [0.25, 0.3) is 0 Å². The number of likely N-dealkylation sites (tertiary alicyclic amines) is 1. The summed E-state index contributed by atoms with van der Waals surface area (Å²) in [6, 6.07) is 8.97. The Balaban J connectivity index is 1.52. The van der Waals surface area contributed by atoms with Crippen molar-refractivity contribution in [2.24, 2.45) is 0 Å². The van der Waals surface area contributed by atoms with Crippen molar-refractivity contribution in [1.82, 2.24) is 14.9 Å². The summed E-state index contributed by atoms with van der Waals surface area (Å²) in [7, 11) is 0. The van der Waals surface area contributed by atoms with Crippen molar-refractivity contribution < 1.29 is 9.90 Å². The van der Waals surface area contributed by atoms with Gasteiger partial charge in [0.15, 0.2) is 0 Å². The fraction of sp³-hybridized carbons (Fsp3) is 0.316. The second-order valence-corrected chi connectivity index (χ2v) is 6.35. The Bertz CT molecular complexity index is 758. The summed E-state index contributed by atoms with van der Waals surface area (Å²) in [6.45, 7) is 5.10. The maximum atomic E-state index is 10.5. The molecule has 0 radical (unpaired) electrons. The summed E-state index contributed by atoms with van der Waals surface area (Å²) >= 11 is 0. The summed E-state index contributed by atoms with van der Waals surface area (Å²) in [5, 5.41) is 12.0. The average Bonchev–Trinajstić information content (AvgIpc) is 3.01. The lowest BCUT2D eigenvalue weighted by atomic mass is 10.1. The van der Waals surface area contributed by atoms with Crippen LogP contribution in [0.2, 0.25) is 0 Å². The van der Waals surface area contributed by atoms with Crippen molar-refractivity contribution in [3.05, 3.63) is 59.6 Å². The molecule has 0 saturated carbocycles. The van der Waals surface area contributed by atoms with Crippen LogP contribution < -0.4 is 5.32 Å². The number of aromatic nitrogens is 2. The van der Waals surface area contributed by atoms with Gasteiger partial charge in [0.05, 0.1) is 18.1 Å². The Kier molecular flexibility index (Phi) is 5.40. The molecule has 2 heterocycles. The van der Waals surface area contributed by atoms with Crippen molar-refractivity contribution in [3.8, 4) is 0 Å². The zero-order valence-electron chi connectivity index (χ0n) is 14.2. The first-order chi connectivity index (χ1) is 12.1. The van der Waals surface area contributed by atoms with Crippen LogP contribution in [0.4, 0.5) is 5.82 Å². The van der Waals surface area contributed by atoms with Gasteiger partial charge < -0.3 is 10.4 Å². The van der Waals surface area contributed by atoms with Crippen LogP contribution in [0.3, 0.4) is 0 Å². The first-order valence-electron chi connectivity index (χ1n) is 8.36. The molecule has 6 nitrogen and oxygen atoms in total. The predicted molar refractivity (Wildman–Crippen MR) is 97.2 cm³/mol. The number of aryl methyl sites for hydroxylation is 1. The predicted octanol–water partition coefficient (Wildman–Crippen LogP) is 2.57. The van der Waals surface area contributed by atoms with Crippen molar-refractivity contribution in [1.29, 1.82) is 0 Å². The third-order valence-electron chi connectivity index (χ3n) is 4.18. The van der Waals surface area contributed by atoms with Crippen molar-refractivity contribution in [2.45, 2.75) is 25.9 Å². The highest BCUT2D eigenvalue weighted by Crippen LogP contribution is 2.17. The van der Waals surface area contributed by atoms with Crippen molar-refractivity contribution in [3.63, 3.8) is 0 Å².